The highest BCUT2D eigenvalue weighted by atomic mass is 32.2. The fourth-order valence-electron chi connectivity index (χ4n) is 2.20. The van der Waals surface area contributed by atoms with Crippen LogP contribution in [0.5, 0.6) is 0 Å². The number of nitrogens with zero attached hydrogens (tertiary/aromatic N) is 1. The standard InChI is InChI=1S/C12H16N2O3S/c13-12(15)11-8-4-5-9-14(11)18(16,17)10-6-2-1-3-7-10/h1-3,6-7,11H,4-5,8-9H2,(H2,13,15)/t11-/m1/s1. The summed E-state index contributed by atoms with van der Waals surface area (Å²) in [6, 6.07) is 7.42. The zero-order valence-corrected chi connectivity index (χ0v) is 10.8. The Kier molecular flexibility index (Phi) is 3.68. The van der Waals surface area contributed by atoms with Gasteiger partial charge in [-0.3, -0.25) is 4.79 Å². The lowest BCUT2D eigenvalue weighted by molar-refractivity contribution is -0.122. The zero-order chi connectivity index (χ0) is 13.2. The van der Waals surface area contributed by atoms with Gasteiger partial charge in [-0.15, -0.1) is 0 Å². The Balaban J connectivity index is 2.36. The van der Waals surface area contributed by atoms with Crippen LogP contribution >= 0.6 is 0 Å². The quantitative estimate of drug-likeness (QED) is 0.877. The largest absolute Gasteiger partial charge is 0.368 e. The molecular formula is C12H16N2O3S. The molecule has 0 aliphatic carbocycles. The van der Waals surface area contributed by atoms with Gasteiger partial charge in [-0.25, -0.2) is 8.42 Å². The van der Waals surface area contributed by atoms with Crippen molar-refractivity contribution in [2.45, 2.75) is 30.2 Å². The third kappa shape index (κ3) is 2.39. The van der Waals surface area contributed by atoms with E-state index in [0.717, 1.165) is 12.8 Å². The maximum atomic E-state index is 12.4. The minimum absolute atomic E-state index is 0.207. The highest BCUT2D eigenvalue weighted by Crippen LogP contribution is 2.24. The van der Waals surface area contributed by atoms with Gasteiger partial charge in [0.1, 0.15) is 6.04 Å². The fourth-order valence-corrected chi connectivity index (χ4v) is 3.89. The van der Waals surface area contributed by atoms with Gasteiger partial charge in [0.15, 0.2) is 0 Å². The Labute approximate surface area is 107 Å². The average molecular weight is 268 g/mol. The molecule has 98 valence electrons. The van der Waals surface area contributed by atoms with E-state index in [4.69, 9.17) is 5.73 Å². The first-order chi connectivity index (χ1) is 8.53. The number of piperidine rings is 1. The SMILES string of the molecule is NC(=O)[C@H]1CCCCN1S(=O)(=O)c1ccccc1. The van der Waals surface area contributed by atoms with Gasteiger partial charge >= 0.3 is 0 Å². The molecule has 0 aromatic heterocycles. The average Bonchev–Trinajstić information content (AvgIpc) is 2.39. The lowest BCUT2D eigenvalue weighted by atomic mass is 10.0. The van der Waals surface area contributed by atoms with Crippen molar-refractivity contribution >= 4 is 15.9 Å². The third-order valence-corrected chi connectivity index (χ3v) is 5.05. The van der Waals surface area contributed by atoms with Crippen molar-refractivity contribution in [1.29, 1.82) is 0 Å². The Morgan fingerprint density at radius 1 is 1.22 bits per heavy atom. The van der Waals surface area contributed by atoms with Gasteiger partial charge in [0.25, 0.3) is 0 Å². The van der Waals surface area contributed by atoms with Gasteiger partial charge in [0.2, 0.25) is 15.9 Å². The summed E-state index contributed by atoms with van der Waals surface area (Å²) in [6.45, 7) is 0.352. The predicted molar refractivity (Wildman–Crippen MR) is 67.2 cm³/mol. The molecule has 0 saturated carbocycles. The van der Waals surface area contributed by atoms with E-state index < -0.39 is 22.0 Å². The zero-order valence-electron chi connectivity index (χ0n) is 9.95. The molecule has 1 aliphatic rings. The van der Waals surface area contributed by atoms with Crippen molar-refractivity contribution in [3.05, 3.63) is 30.3 Å². The molecule has 1 atom stereocenters. The first kappa shape index (κ1) is 13.0. The minimum atomic E-state index is -3.62. The van der Waals surface area contributed by atoms with E-state index in [1.54, 1.807) is 18.2 Å². The molecule has 1 aliphatic heterocycles. The summed E-state index contributed by atoms with van der Waals surface area (Å²) in [7, 11) is -3.62. The molecule has 1 fully saturated rings. The lowest BCUT2D eigenvalue weighted by Gasteiger charge is -2.32. The third-order valence-electron chi connectivity index (χ3n) is 3.13. The van der Waals surface area contributed by atoms with E-state index >= 15 is 0 Å². The molecule has 5 nitrogen and oxygen atoms in total. The van der Waals surface area contributed by atoms with Crippen molar-refractivity contribution in [3.8, 4) is 0 Å². The molecule has 18 heavy (non-hydrogen) atoms. The number of hydrogen-bond acceptors (Lipinski definition) is 3. The normalized spacial score (nSPS) is 21.7. The van der Waals surface area contributed by atoms with Gasteiger partial charge in [-0.2, -0.15) is 4.31 Å². The van der Waals surface area contributed by atoms with E-state index in [9.17, 15) is 13.2 Å². The smallest absolute Gasteiger partial charge is 0.243 e. The summed E-state index contributed by atoms with van der Waals surface area (Å²) < 4.78 is 26.1. The molecule has 0 bridgehead atoms. The highest BCUT2D eigenvalue weighted by Gasteiger charge is 2.36. The highest BCUT2D eigenvalue weighted by molar-refractivity contribution is 7.89. The van der Waals surface area contributed by atoms with Crippen molar-refractivity contribution in [3.63, 3.8) is 0 Å². The van der Waals surface area contributed by atoms with Gasteiger partial charge < -0.3 is 5.73 Å². The first-order valence-electron chi connectivity index (χ1n) is 5.89. The van der Waals surface area contributed by atoms with Crippen LogP contribution in [-0.4, -0.2) is 31.2 Å². The van der Waals surface area contributed by atoms with Crippen LogP contribution in [0.1, 0.15) is 19.3 Å². The summed E-state index contributed by atoms with van der Waals surface area (Å²) in [5, 5.41) is 0. The molecule has 0 spiro atoms. The molecule has 0 radical (unpaired) electrons. The van der Waals surface area contributed by atoms with Crippen molar-refractivity contribution < 1.29 is 13.2 Å². The molecule has 1 amide bonds. The van der Waals surface area contributed by atoms with E-state index in [2.05, 4.69) is 0 Å². The second kappa shape index (κ2) is 5.07. The summed E-state index contributed by atoms with van der Waals surface area (Å²) in [5.74, 6) is -0.575. The van der Waals surface area contributed by atoms with Crippen LogP contribution < -0.4 is 5.73 Å². The van der Waals surface area contributed by atoms with Crippen LogP contribution in [0, 0.1) is 0 Å². The molecule has 2 N–H and O–H groups in total. The predicted octanol–water partition coefficient (Wildman–Crippen LogP) is 0.715. The summed E-state index contributed by atoms with van der Waals surface area (Å²) in [6.07, 6.45) is 2.09. The van der Waals surface area contributed by atoms with E-state index in [0.29, 0.717) is 13.0 Å². The van der Waals surface area contributed by atoms with Crippen LogP contribution in [0.3, 0.4) is 0 Å². The Morgan fingerprint density at radius 2 is 1.89 bits per heavy atom. The topological polar surface area (TPSA) is 80.5 Å². The van der Waals surface area contributed by atoms with Gasteiger partial charge in [0.05, 0.1) is 4.90 Å². The second-order valence-corrected chi connectivity index (χ2v) is 6.23. The Bertz CT molecular complexity index is 528. The molecule has 1 aromatic carbocycles. The number of sulfonamides is 1. The first-order valence-corrected chi connectivity index (χ1v) is 7.33. The number of benzene rings is 1. The number of carbonyl (C=O) groups excluding carboxylic acids is 1. The van der Waals surface area contributed by atoms with Gasteiger partial charge in [-0.1, -0.05) is 24.6 Å². The van der Waals surface area contributed by atoms with Crippen LogP contribution in [0.4, 0.5) is 0 Å². The monoisotopic (exact) mass is 268 g/mol. The molecule has 6 heteroatoms. The fraction of sp³-hybridized carbons (Fsp3) is 0.417. The van der Waals surface area contributed by atoms with Crippen molar-refractivity contribution in [2.75, 3.05) is 6.54 Å². The maximum absolute atomic E-state index is 12.4. The molecular weight excluding hydrogens is 252 g/mol. The molecule has 2 rings (SSSR count). The minimum Gasteiger partial charge on any atom is -0.368 e. The lowest BCUT2D eigenvalue weighted by Crippen LogP contribution is -2.50. The van der Waals surface area contributed by atoms with E-state index in [1.807, 2.05) is 0 Å². The van der Waals surface area contributed by atoms with Crippen LogP contribution in [0.25, 0.3) is 0 Å². The van der Waals surface area contributed by atoms with Crippen molar-refractivity contribution in [2.24, 2.45) is 5.73 Å². The van der Waals surface area contributed by atoms with Crippen LogP contribution in [-0.2, 0) is 14.8 Å². The van der Waals surface area contributed by atoms with Crippen LogP contribution in [0.2, 0.25) is 0 Å². The second-order valence-electron chi connectivity index (χ2n) is 4.34. The summed E-state index contributed by atoms with van der Waals surface area (Å²) >= 11 is 0. The van der Waals surface area contributed by atoms with E-state index in [1.165, 1.54) is 16.4 Å². The Hall–Kier alpha value is -1.40. The molecule has 1 saturated heterocycles. The molecule has 1 aromatic rings. The van der Waals surface area contributed by atoms with Crippen LogP contribution in [0.15, 0.2) is 35.2 Å². The number of hydrogen-bond donors (Lipinski definition) is 1. The van der Waals surface area contributed by atoms with Gasteiger partial charge in [-0.05, 0) is 25.0 Å². The molecule has 1 heterocycles. The van der Waals surface area contributed by atoms with E-state index in [-0.39, 0.29) is 4.90 Å². The number of primary amides is 1. The van der Waals surface area contributed by atoms with Gasteiger partial charge in [0, 0.05) is 6.54 Å². The Morgan fingerprint density at radius 3 is 2.50 bits per heavy atom. The number of amides is 1. The molecule has 0 unspecified atom stereocenters. The van der Waals surface area contributed by atoms with Crippen molar-refractivity contribution in [1.82, 2.24) is 4.31 Å². The summed E-state index contributed by atoms with van der Waals surface area (Å²) in [4.78, 5) is 11.6. The maximum Gasteiger partial charge on any atom is 0.243 e. The number of rotatable bonds is 3. The number of nitrogens with two attached hydrogens (primary N) is 1. The summed E-state index contributed by atoms with van der Waals surface area (Å²) in [5.41, 5.74) is 5.29. The number of carbonyl (C=O) groups is 1.